The minimum absolute atomic E-state index is 0.115. The molecule has 1 saturated heterocycles. The summed E-state index contributed by atoms with van der Waals surface area (Å²) in [5.41, 5.74) is 0.115. The summed E-state index contributed by atoms with van der Waals surface area (Å²) < 4.78 is 13.6. The molecule has 1 heterocycles. The molecule has 1 aliphatic heterocycles. The second-order valence-electron chi connectivity index (χ2n) is 4.61. The van der Waals surface area contributed by atoms with Gasteiger partial charge in [0.2, 0.25) is 0 Å². The van der Waals surface area contributed by atoms with Gasteiger partial charge >= 0.3 is 0 Å². The maximum atomic E-state index is 13.6. The highest BCUT2D eigenvalue weighted by Gasteiger charge is 2.25. The third-order valence-electron chi connectivity index (χ3n) is 3.44. The van der Waals surface area contributed by atoms with Gasteiger partial charge in [0.25, 0.3) is 5.91 Å². The van der Waals surface area contributed by atoms with Crippen molar-refractivity contribution < 1.29 is 9.18 Å². The quantitative estimate of drug-likeness (QED) is 0.810. The average Bonchev–Trinajstić information content (AvgIpc) is 2.46. The Hall–Kier alpha value is -1.93. The Balaban J connectivity index is 2.01. The fourth-order valence-corrected chi connectivity index (χ4v) is 2.20. The Morgan fingerprint density at radius 1 is 1.32 bits per heavy atom. The van der Waals surface area contributed by atoms with Crippen LogP contribution < -0.4 is 0 Å². The van der Waals surface area contributed by atoms with Crippen molar-refractivity contribution in [3.63, 3.8) is 0 Å². The summed E-state index contributed by atoms with van der Waals surface area (Å²) in [6.07, 6.45) is 0. The maximum absolute atomic E-state index is 13.6. The van der Waals surface area contributed by atoms with Gasteiger partial charge in [-0.15, -0.1) is 0 Å². The van der Waals surface area contributed by atoms with Gasteiger partial charge in [-0.3, -0.25) is 9.69 Å². The third kappa shape index (κ3) is 2.91. The lowest BCUT2D eigenvalue weighted by atomic mass is 10.1. The van der Waals surface area contributed by atoms with Crippen LogP contribution in [0.2, 0.25) is 0 Å². The number of rotatable bonds is 2. The van der Waals surface area contributed by atoms with E-state index >= 15 is 0 Å². The average molecular weight is 261 g/mol. The van der Waals surface area contributed by atoms with Gasteiger partial charge in [0.15, 0.2) is 0 Å². The van der Waals surface area contributed by atoms with E-state index in [4.69, 9.17) is 5.26 Å². The summed E-state index contributed by atoms with van der Waals surface area (Å²) in [7, 11) is 0. The van der Waals surface area contributed by atoms with Crippen molar-refractivity contribution in [1.29, 1.82) is 5.26 Å². The van der Waals surface area contributed by atoms with E-state index in [1.165, 1.54) is 12.1 Å². The molecule has 19 heavy (non-hydrogen) atoms. The van der Waals surface area contributed by atoms with Crippen LogP contribution in [0.25, 0.3) is 0 Å². The molecule has 0 radical (unpaired) electrons. The summed E-state index contributed by atoms with van der Waals surface area (Å²) in [6, 6.07) is 8.05. The van der Waals surface area contributed by atoms with Gasteiger partial charge in [-0.1, -0.05) is 12.1 Å². The van der Waals surface area contributed by atoms with Gasteiger partial charge in [0.1, 0.15) is 5.82 Å². The first kappa shape index (κ1) is 13.5. The number of benzene rings is 1. The monoisotopic (exact) mass is 261 g/mol. The lowest BCUT2D eigenvalue weighted by molar-refractivity contribution is 0.0611. The Kier molecular flexibility index (Phi) is 4.13. The van der Waals surface area contributed by atoms with Crippen molar-refractivity contribution in [2.45, 2.75) is 13.0 Å². The van der Waals surface area contributed by atoms with E-state index in [2.05, 4.69) is 6.07 Å². The number of hydrogen-bond donors (Lipinski definition) is 0. The zero-order valence-corrected chi connectivity index (χ0v) is 10.8. The second kappa shape index (κ2) is 5.81. The summed E-state index contributed by atoms with van der Waals surface area (Å²) in [4.78, 5) is 15.8. The Morgan fingerprint density at radius 3 is 2.53 bits per heavy atom. The van der Waals surface area contributed by atoms with Crippen LogP contribution in [-0.2, 0) is 0 Å². The van der Waals surface area contributed by atoms with Crippen LogP contribution >= 0.6 is 0 Å². The lowest BCUT2D eigenvalue weighted by Gasteiger charge is -2.35. The first-order valence-electron chi connectivity index (χ1n) is 6.31. The fraction of sp³-hybridized carbons (Fsp3) is 0.429. The van der Waals surface area contributed by atoms with Crippen molar-refractivity contribution in [2.75, 3.05) is 26.2 Å². The van der Waals surface area contributed by atoms with Crippen molar-refractivity contribution >= 4 is 5.91 Å². The standard InChI is InChI=1S/C14H16FN3O/c1-11(10-16)17-6-8-18(9-7-17)14(19)12-4-2-3-5-13(12)15/h2-5,11H,6-9H2,1H3. The minimum Gasteiger partial charge on any atom is -0.336 e. The molecule has 0 saturated carbocycles. The molecule has 0 aromatic heterocycles. The van der Waals surface area contributed by atoms with Gasteiger partial charge in [-0.2, -0.15) is 5.26 Å². The van der Waals surface area contributed by atoms with Gasteiger partial charge in [-0.05, 0) is 19.1 Å². The zero-order chi connectivity index (χ0) is 13.8. The number of carbonyl (C=O) groups excluding carboxylic acids is 1. The number of carbonyl (C=O) groups is 1. The molecule has 100 valence electrons. The number of nitrogens with zero attached hydrogens (tertiary/aromatic N) is 3. The first-order chi connectivity index (χ1) is 9.13. The van der Waals surface area contributed by atoms with Crippen molar-refractivity contribution in [2.24, 2.45) is 0 Å². The molecule has 1 aromatic carbocycles. The van der Waals surface area contributed by atoms with Crippen LogP contribution in [0.5, 0.6) is 0 Å². The van der Waals surface area contributed by atoms with E-state index in [0.717, 1.165) is 0 Å². The molecular weight excluding hydrogens is 245 g/mol. The van der Waals surface area contributed by atoms with E-state index < -0.39 is 5.82 Å². The molecule has 1 aliphatic rings. The van der Waals surface area contributed by atoms with Crippen LogP contribution in [0.4, 0.5) is 4.39 Å². The Morgan fingerprint density at radius 2 is 1.95 bits per heavy atom. The molecule has 0 aliphatic carbocycles. The summed E-state index contributed by atoms with van der Waals surface area (Å²) >= 11 is 0. The molecule has 2 rings (SSSR count). The molecule has 1 atom stereocenters. The normalized spacial score (nSPS) is 17.8. The second-order valence-corrected chi connectivity index (χ2v) is 4.61. The maximum Gasteiger partial charge on any atom is 0.256 e. The lowest BCUT2D eigenvalue weighted by Crippen LogP contribution is -2.51. The van der Waals surface area contributed by atoms with Crippen LogP contribution in [0.15, 0.2) is 24.3 Å². The topological polar surface area (TPSA) is 47.3 Å². The summed E-state index contributed by atoms with van der Waals surface area (Å²) in [5.74, 6) is -0.761. The van der Waals surface area contributed by atoms with E-state index in [0.29, 0.717) is 26.2 Å². The Bertz CT molecular complexity index is 504. The van der Waals surface area contributed by atoms with Crippen LogP contribution in [0.1, 0.15) is 17.3 Å². The molecule has 0 spiro atoms. The molecule has 0 N–H and O–H groups in total. The molecule has 1 unspecified atom stereocenters. The van der Waals surface area contributed by atoms with Crippen molar-refractivity contribution in [3.05, 3.63) is 35.6 Å². The molecular formula is C14H16FN3O. The predicted octanol–water partition coefficient (Wildman–Crippen LogP) is 1.50. The molecule has 0 bridgehead atoms. The first-order valence-corrected chi connectivity index (χ1v) is 6.31. The molecule has 5 heteroatoms. The number of hydrogen-bond acceptors (Lipinski definition) is 3. The highest BCUT2D eigenvalue weighted by molar-refractivity contribution is 5.94. The van der Waals surface area contributed by atoms with Gasteiger partial charge in [0.05, 0.1) is 17.7 Å². The van der Waals surface area contributed by atoms with Crippen LogP contribution in [0.3, 0.4) is 0 Å². The van der Waals surface area contributed by atoms with Crippen LogP contribution in [0, 0.1) is 17.1 Å². The van der Waals surface area contributed by atoms with Crippen LogP contribution in [-0.4, -0.2) is 47.9 Å². The van der Waals surface area contributed by atoms with E-state index in [1.807, 2.05) is 11.8 Å². The Labute approximate surface area is 112 Å². The molecule has 1 aromatic rings. The predicted molar refractivity (Wildman–Crippen MR) is 69.0 cm³/mol. The van der Waals surface area contributed by atoms with Gasteiger partial charge in [0, 0.05) is 26.2 Å². The largest absolute Gasteiger partial charge is 0.336 e. The fourth-order valence-electron chi connectivity index (χ4n) is 2.20. The molecule has 4 nitrogen and oxygen atoms in total. The van der Waals surface area contributed by atoms with Gasteiger partial charge in [-0.25, -0.2) is 4.39 Å². The smallest absolute Gasteiger partial charge is 0.256 e. The highest BCUT2D eigenvalue weighted by Crippen LogP contribution is 2.13. The zero-order valence-electron chi connectivity index (χ0n) is 10.8. The van der Waals surface area contributed by atoms with E-state index in [9.17, 15) is 9.18 Å². The molecule has 1 amide bonds. The summed E-state index contributed by atoms with van der Waals surface area (Å²) in [6.45, 7) is 4.19. The number of halogens is 1. The number of piperazine rings is 1. The third-order valence-corrected chi connectivity index (χ3v) is 3.44. The van der Waals surface area contributed by atoms with Crippen molar-refractivity contribution in [1.82, 2.24) is 9.80 Å². The number of amides is 1. The minimum atomic E-state index is -0.486. The van der Waals surface area contributed by atoms with E-state index in [-0.39, 0.29) is 17.5 Å². The highest BCUT2D eigenvalue weighted by atomic mass is 19.1. The summed E-state index contributed by atoms with van der Waals surface area (Å²) in [5, 5.41) is 8.85. The van der Waals surface area contributed by atoms with Crippen molar-refractivity contribution in [3.8, 4) is 6.07 Å². The number of nitriles is 1. The molecule has 1 fully saturated rings. The van der Waals surface area contributed by atoms with E-state index in [1.54, 1.807) is 17.0 Å². The van der Waals surface area contributed by atoms with Gasteiger partial charge < -0.3 is 4.90 Å². The SMILES string of the molecule is CC(C#N)N1CCN(C(=O)c2ccccc2F)CC1.